The molecule has 5 heteroatoms. The van der Waals surface area contributed by atoms with Gasteiger partial charge in [-0.1, -0.05) is 18.7 Å². The average Bonchev–Trinajstić information content (AvgIpc) is 2.74. The van der Waals surface area contributed by atoms with E-state index in [4.69, 9.17) is 0 Å². The van der Waals surface area contributed by atoms with Crippen LogP contribution < -0.4 is 5.32 Å². The molecule has 0 aliphatic heterocycles. The van der Waals surface area contributed by atoms with E-state index in [0.717, 1.165) is 10.9 Å². The number of fused-ring (bicyclic) bond motifs is 1. The van der Waals surface area contributed by atoms with E-state index in [-0.39, 0.29) is 12.4 Å². The van der Waals surface area contributed by atoms with Gasteiger partial charge in [0.1, 0.15) is 5.82 Å². The molecule has 2 N–H and O–H groups in total. The zero-order valence-corrected chi connectivity index (χ0v) is 9.59. The first-order valence-corrected chi connectivity index (χ1v) is 5.46. The molecule has 1 aromatic heterocycles. The van der Waals surface area contributed by atoms with E-state index in [1.807, 2.05) is 0 Å². The Hall–Kier alpha value is -2.17. The summed E-state index contributed by atoms with van der Waals surface area (Å²) in [4.78, 5) is 13.8. The van der Waals surface area contributed by atoms with Gasteiger partial charge in [-0.3, -0.25) is 4.79 Å². The molecule has 0 fully saturated rings. The number of aromatic nitrogens is 1. The highest BCUT2D eigenvalue weighted by Crippen LogP contribution is 2.20. The summed E-state index contributed by atoms with van der Waals surface area (Å²) in [7, 11) is 0. The lowest BCUT2D eigenvalue weighted by molar-refractivity contribution is -0.118. The van der Waals surface area contributed by atoms with Gasteiger partial charge in [0.05, 0.1) is 5.52 Å². The molecule has 2 aromatic rings. The van der Waals surface area contributed by atoms with Crippen LogP contribution in [0.15, 0.2) is 36.8 Å². The predicted octanol–water partition coefficient (Wildman–Crippen LogP) is 2.45. The number of H-pyrrole nitrogens is 1. The van der Waals surface area contributed by atoms with Gasteiger partial charge < -0.3 is 10.3 Å². The Balaban J connectivity index is 2.07. The van der Waals surface area contributed by atoms with Gasteiger partial charge in [0.15, 0.2) is 5.83 Å². The van der Waals surface area contributed by atoms with Crippen molar-refractivity contribution in [3.8, 4) is 0 Å². The number of carbonyl (C=O) groups is 1. The maximum Gasteiger partial charge on any atom is 0.279 e. The smallest absolute Gasteiger partial charge is 0.279 e. The van der Waals surface area contributed by atoms with Gasteiger partial charge >= 0.3 is 0 Å². The number of aromatic amines is 1. The van der Waals surface area contributed by atoms with Crippen LogP contribution >= 0.6 is 0 Å². The Labute approximate surface area is 102 Å². The molecule has 0 unspecified atom stereocenters. The zero-order chi connectivity index (χ0) is 13.1. The molecule has 0 aliphatic rings. The van der Waals surface area contributed by atoms with Gasteiger partial charge in [0.25, 0.3) is 5.91 Å². The van der Waals surface area contributed by atoms with E-state index in [1.165, 1.54) is 6.07 Å². The van der Waals surface area contributed by atoms with Gasteiger partial charge in [-0.2, -0.15) is 0 Å². The third-order valence-corrected chi connectivity index (χ3v) is 2.68. The largest absolute Gasteiger partial charge is 0.359 e. The van der Waals surface area contributed by atoms with E-state index in [9.17, 15) is 13.6 Å². The minimum Gasteiger partial charge on any atom is -0.359 e. The van der Waals surface area contributed by atoms with Crippen LogP contribution in [0.1, 0.15) is 5.56 Å². The van der Waals surface area contributed by atoms with Gasteiger partial charge in [-0.05, 0) is 18.1 Å². The monoisotopic (exact) mass is 250 g/mol. The molecule has 0 atom stereocenters. The predicted molar refractivity (Wildman–Crippen MR) is 65.2 cm³/mol. The van der Waals surface area contributed by atoms with Gasteiger partial charge in [-0.15, -0.1) is 0 Å². The van der Waals surface area contributed by atoms with Crippen molar-refractivity contribution < 1.29 is 13.6 Å². The lowest BCUT2D eigenvalue weighted by Crippen LogP contribution is -2.25. The Kier molecular flexibility index (Phi) is 3.41. The first-order chi connectivity index (χ1) is 8.59. The summed E-state index contributed by atoms with van der Waals surface area (Å²) in [5.74, 6) is -2.15. The number of carbonyl (C=O) groups excluding carboxylic acids is 1. The van der Waals surface area contributed by atoms with Crippen molar-refractivity contribution in [2.45, 2.75) is 6.42 Å². The van der Waals surface area contributed by atoms with E-state index in [0.29, 0.717) is 11.9 Å². The lowest BCUT2D eigenvalue weighted by atomic mass is 10.1. The second-order valence-electron chi connectivity index (χ2n) is 3.89. The molecular formula is C13H12F2N2O. The lowest BCUT2D eigenvalue weighted by Gasteiger charge is -2.02. The van der Waals surface area contributed by atoms with Crippen LogP contribution in [0, 0.1) is 5.82 Å². The Morgan fingerprint density at radius 3 is 2.94 bits per heavy atom. The minimum atomic E-state index is -1.01. The van der Waals surface area contributed by atoms with Crippen molar-refractivity contribution in [1.29, 1.82) is 0 Å². The molecule has 0 spiro atoms. The quantitative estimate of drug-likeness (QED) is 0.804. The van der Waals surface area contributed by atoms with Crippen molar-refractivity contribution >= 4 is 16.8 Å². The van der Waals surface area contributed by atoms with Crippen LogP contribution in [0.4, 0.5) is 8.78 Å². The number of hydrogen-bond donors (Lipinski definition) is 2. The molecule has 0 aliphatic carbocycles. The molecule has 1 heterocycles. The fraction of sp³-hybridized carbons (Fsp3) is 0.154. The van der Waals surface area contributed by atoms with Crippen molar-refractivity contribution in [3.63, 3.8) is 0 Å². The first kappa shape index (κ1) is 12.3. The first-order valence-electron chi connectivity index (χ1n) is 5.46. The Bertz CT molecular complexity index is 604. The van der Waals surface area contributed by atoms with Gasteiger partial charge in [0, 0.05) is 18.1 Å². The van der Waals surface area contributed by atoms with Crippen LogP contribution in [-0.2, 0) is 11.2 Å². The second kappa shape index (κ2) is 5.00. The number of para-hydroxylation sites is 1. The second-order valence-corrected chi connectivity index (χ2v) is 3.89. The Morgan fingerprint density at radius 2 is 2.22 bits per heavy atom. The summed E-state index contributed by atoms with van der Waals surface area (Å²) < 4.78 is 25.8. The van der Waals surface area contributed by atoms with Crippen LogP contribution in [0.3, 0.4) is 0 Å². The summed E-state index contributed by atoms with van der Waals surface area (Å²) >= 11 is 0. The summed E-state index contributed by atoms with van der Waals surface area (Å²) in [6, 6.07) is 4.79. The molecule has 3 nitrogen and oxygen atoms in total. The van der Waals surface area contributed by atoms with Crippen molar-refractivity contribution in [1.82, 2.24) is 10.3 Å². The van der Waals surface area contributed by atoms with Gasteiger partial charge in [-0.25, -0.2) is 8.78 Å². The van der Waals surface area contributed by atoms with Crippen LogP contribution in [0.5, 0.6) is 0 Å². The number of halogens is 2. The molecule has 94 valence electrons. The number of nitrogens with one attached hydrogen (secondary N) is 2. The third kappa shape index (κ3) is 2.40. The Morgan fingerprint density at radius 1 is 1.44 bits per heavy atom. The summed E-state index contributed by atoms with van der Waals surface area (Å²) in [6.45, 7) is 3.17. The molecule has 0 saturated heterocycles. The summed E-state index contributed by atoms with van der Waals surface area (Å²) in [5, 5.41) is 3.15. The third-order valence-electron chi connectivity index (χ3n) is 2.68. The average molecular weight is 250 g/mol. The molecule has 0 radical (unpaired) electrons. The van der Waals surface area contributed by atoms with Crippen LogP contribution in [-0.4, -0.2) is 17.4 Å². The molecule has 1 amide bonds. The maximum absolute atomic E-state index is 13.4. The highest BCUT2D eigenvalue weighted by Gasteiger charge is 2.08. The van der Waals surface area contributed by atoms with Crippen molar-refractivity contribution in [2.24, 2.45) is 0 Å². The standard InChI is InChI=1S/C13H12F2N2O/c1-8(14)13(18)16-6-5-9-7-17-12-10(9)3-2-4-11(12)15/h2-4,7,17H,1,5-6H2,(H,16,18). The van der Waals surface area contributed by atoms with E-state index in [2.05, 4.69) is 16.9 Å². The normalized spacial score (nSPS) is 10.6. The fourth-order valence-electron chi connectivity index (χ4n) is 1.79. The fourth-order valence-corrected chi connectivity index (χ4v) is 1.79. The number of hydrogen-bond acceptors (Lipinski definition) is 1. The van der Waals surface area contributed by atoms with Crippen LogP contribution in [0.25, 0.3) is 10.9 Å². The summed E-state index contributed by atoms with van der Waals surface area (Å²) in [6.07, 6.45) is 2.17. The minimum absolute atomic E-state index is 0.269. The molecule has 18 heavy (non-hydrogen) atoms. The highest BCUT2D eigenvalue weighted by molar-refractivity contribution is 5.90. The molecule has 0 bridgehead atoms. The van der Waals surface area contributed by atoms with E-state index < -0.39 is 11.7 Å². The van der Waals surface area contributed by atoms with Crippen LogP contribution in [0.2, 0.25) is 0 Å². The molecule has 1 aromatic carbocycles. The summed E-state index contributed by atoms with van der Waals surface area (Å²) in [5.41, 5.74) is 1.31. The zero-order valence-electron chi connectivity index (χ0n) is 9.59. The van der Waals surface area contributed by atoms with Gasteiger partial charge in [0.2, 0.25) is 0 Å². The highest BCUT2D eigenvalue weighted by atomic mass is 19.1. The maximum atomic E-state index is 13.4. The topological polar surface area (TPSA) is 44.9 Å². The van der Waals surface area contributed by atoms with E-state index >= 15 is 0 Å². The molecular weight excluding hydrogens is 238 g/mol. The van der Waals surface area contributed by atoms with Crippen molar-refractivity contribution in [3.05, 3.63) is 48.2 Å². The number of rotatable bonds is 4. The molecule has 0 saturated carbocycles. The van der Waals surface area contributed by atoms with Crippen molar-refractivity contribution in [2.75, 3.05) is 6.54 Å². The SMILES string of the molecule is C=C(F)C(=O)NCCc1c[nH]c2c(F)cccc12. The molecule has 2 rings (SSSR count). The number of benzene rings is 1. The van der Waals surface area contributed by atoms with E-state index in [1.54, 1.807) is 18.3 Å². The number of amides is 1.